The summed E-state index contributed by atoms with van der Waals surface area (Å²) in [7, 11) is -5.22. The molecular weight excluding hydrogens is 567 g/mol. The third-order valence-corrected chi connectivity index (χ3v) is 7.94. The molecule has 13 nitrogen and oxygen atoms in total. The first-order valence-electron chi connectivity index (χ1n) is 13.3. The van der Waals surface area contributed by atoms with E-state index >= 15 is 0 Å². The maximum atomic E-state index is 13.1. The number of rotatable bonds is 13. The summed E-state index contributed by atoms with van der Waals surface area (Å²) in [6.45, 7) is 4.73. The van der Waals surface area contributed by atoms with Crippen LogP contribution in [-0.4, -0.2) is 84.0 Å². The number of hydrogen-bond acceptors (Lipinski definition) is 9. The van der Waals surface area contributed by atoms with E-state index in [1.54, 1.807) is 18.7 Å². The van der Waals surface area contributed by atoms with Gasteiger partial charge >= 0.3 is 35.7 Å². The second-order valence-corrected chi connectivity index (χ2v) is 12.1. The van der Waals surface area contributed by atoms with Crippen molar-refractivity contribution in [3.8, 4) is 0 Å². The molecule has 0 bridgehead atoms. The van der Waals surface area contributed by atoms with Gasteiger partial charge in [-0.3, -0.25) is 14.4 Å². The number of carbonyl (C=O) groups is 4. The van der Waals surface area contributed by atoms with Gasteiger partial charge in [0.25, 0.3) is 0 Å². The van der Waals surface area contributed by atoms with Crippen LogP contribution >= 0.6 is 0 Å². The van der Waals surface area contributed by atoms with Gasteiger partial charge in [-0.25, -0.2) is 13.2 Å². The summed E-state index contributed by atoms with van der Waals surface area (Å²) < 4.78 is 39.8. The number of alkyl carbamates (subject to hydrolysis) is 1. The molecule has 222 valence electrons. The summed E-state index contributed by atoms with van der Waals surface area (Å²) in [6.07, 6.45) is -0.238. The molecule has 3 rings (SSSR count). The number of hydrogen-bond donors (Lipinski definition) is 4. The fraction of sp³-hybridized carbons (Fsp3) is 0.615. The predicted octanol–water partition coefficient (Wildman–Crippen LogP) is -2.95. The van der Waals surface area contributed by atoms with Gasteiger partial charge in [0.05, 0.1) is 12.0 Å². The number of ether oxygens (including phenoxy) is 1. The Balaban J connectivity index is 0.00000588. The van der Waals surface area contributed by atoms with Crippen LogP contribution in [0.15, 0.2) is 30.3 Å². The van der Waals surface area contributed by atoms with Crippen LogP contribution in [0.4, 0.5) is 4.79 Å². The summed E-state index contributed by atoms with van der Waals surface area (Å²) in [5.74, 6) is -2.67. The second-order valence-electron chi connectivity index (χ2n) is 10.7. The molecule has 2 aliphatic rings. The minimum atomic E-state index is -5.22. The number of aliphatic hydroxyl groups is 1. The van der Waals surface area contributed by atoms with Gasteiger partial charge in [-0.1, -0.05) is 44.2 Å². The molecule has 0 saturated carbocycles. The van der Waals surface area contributed by atoms with E-state index in [1.165, 1.54) is 0 Å². The number of benzene rings is 1. The quantitative estimate of drug-likeness (QED) is 0.135. The number of nitrogens with one attached hydrogen (secondary N) is 3. The molecule has 2 fully saturated rings. The molecule has 15 heteroatoms. The molecule has 4 N–H and O–H groups in total. The monoisotopic (exact) mass is 604 g/mol. The molecule has 2 saturated heterocycles. The molecule has 4 amide bonds. The first kappa shape index (κ1) is 35.0. The van der Waals surface area contributed by atoms with Crippen molar-refractivity contribution in [1.29, 1.82) is 0 Å². The van der Waals surface area contributed by atoms with Gasteiger partial charge in [-0.05, 0) is 37.2 Å². The Labute approximate surface area is 262 Å². The Morgan fingerprint density at radius 1 is 1.15 bits per heavy atom. The Hall–Kier alpha value is -2.23. The fourth-order valence-electron chi connectivity index (χ4n) is 4.89. The fourth-order valence-corrected chi connectivity index (χ4v) is 5.47. The van der Waals surface area contributed by atoms with Crippen LogP contribution in [0.2, 0.25) is 0 Å². The maximum Gasteiger partial charge on any atom is 1.00 e. The SMILES string of the molecule is CC(C)C[C@H](NC(=O)OCC1CCN(Cc2ccccc2)C1=O)C(=O)N[C@@H](C[C@@H]1CCNC1=O)C(O)S(=O)(=O)[O-].[Na+]. The zero-order chi connectivity index (χ0) is 29.4. The molecule has 0 aromatic heterocycles. The Morgan fingerprint density at radius 2 is 1.83 bits per heavy atom. The van der Waals surface area contributed by atoms with Gasteiger partial charge in [0.1, 0.15) is 22.8 Å². The molecule has 0 radical (unpaired) electrons. The first-order valence-corrected chi connectivity index (χ1v) is 14.8. The van der Waals surface area contributed by atoms with Gasteiger partial charge in [-0.2, -0.15) is 0 Å². The van der Waals surface area contributed by atoms with Crippen molar-refractivity contribution in [2.75, 3.05) is 19.7 Å². The minimum absolute atomic E-state index is 0. The van der Waals surface area contributed by atoms with Crippen molar-refractivity contribution in [2.24, 2.45) is 17.8 Å². The summed E-state index contributed by atoms with van der Waals surface area (Å²) >= 11 is 0. The molecule has 1 aromatic rings. The van der Waals surface area contributed by atoms with Gasteiger partial charge in [0.15, 0.2) is 5.44 Å². The van der Waals surface area contributed by atoms with Crippen molar-refractivity contribution in [2.45, 2.75) is 63.6 Å². The van der Waals surface area contributed by atoms with Gasteiger partial charge < -0.3 is 35.2 Å². The van der Waals surface area contributed by atoms with E-state index < -0.39 is 51.5 Å². The summed E-state index contributed by atoms with van der Waals surface area (Å²) in [5, 5.41) is 17.5. The molecule has 0 aliphatic carbocycles. The molecule has 0 spiro atoms. The summed E-state index contributed by atoms with van der Waals surface area (Å²) in [5.41, 5.74) is -1.50. The standard InChI is InChI=1S/C26H38N4O9S.Na/c1-16(2)12-20(23(32)28-21(25(34)40(36,37)38)13-18-8-10-27-22(18)31)29-26(35)39-15-19-9-11-30(24(19)33)14-17-6-4-3-5-7-17;/h3-7,16,18-21,25,34H,8-15H2,1-2H3,(H,27,31)(H,28,32)(H,29,35)(H,36,37,38);/q;+1/p-1/t18-,19?,20-,21-,25?;/m0./s1. The van der Waals surface area contributed by atoms with Crippen LogP contribution in [0.1, 0.15) is 45.1 Å². The average molecular weight is 605 g/mol. The molecule has 2 heterocycles. The van der Waals surface area contributed by atoms with E-state index in [2.05, 4.69) is 16.0 Å². The van der Waals surface area contributed by atoms with Crippen molar-refractivity contribution in [3.63, 3.8) is 0 Å². The second kappa shape index (κ2) is 15.8. The number of aliphatic hydroxyl groups excluding tert-OH is 1. The number of likely N-dealkylation sites (tertiary alicyclic amines) is 1. The minimum Gasteiger partial charge on any atom is -0.746 e. The van der Waals surface area contributed by atoms with Gasteiger partial charge in [0.2, 0.25) is 17.7 Å². The average Bonchev–Trinajstić information content (AvgIpc) is 3.45. The molecule has 2 unspecified atom stereocenters. The zero-order valence-corrected chi connectivity index (χ0v) is 26.4. The van der Waals surface area contributed by atoms with Gasteiger partial charge in [0, 0.05) is 25.6 Å². The number of nitrogens with zero attached hydrogens (tertiary/aromatic N) is 1. The number of amides is 4. The van der Waals surface area contributed by atoms with Crippen LogP contribution < -0.4 is 45.5 Å². The van der Waals surface area contributed by atoms with E-state index in [-0.39, 0.29) is 66.7 Å². The zero-order valence-electron chi connectivity index (χ0n) is 23.6. The van der Waals surface area contributed by atoms with E-state index in [0.29, 0.717) is 32.5 Å². The van der Waals surface area contributed by atoms with Crippen molar-refractivity contribution >= 4 is 33.9 Å². The van der Waals surface area contributed by atoms with E-state index in [0.717, 1.165) is 5.56 Å². The van der Waals surface area contributed by atoms with Crippen molar-refractivity contribution < 1.29 is 71.5 Å². The first-order chi connectivity index (χ1) is 18.8. The molecular formula is C26H37N4NaO9S. The Bertz CT molecular complexity index is 1170. The topological polar surface area (TPSA) is 194 Å². The Morgan fingerprint density at radius 3 is 2.41 bits per heavy atom. The summed E-state index contributed by atoms with van der Waals surface area (Å²) in [4.78, 5) is 52.1. The largest absolute Gasteiger partial charge is 1.00 e. The van der Waals surface area contributed by atoms with Crippen LogP contribution in [0.3, 0.4) is 0 Å². The van der Waals surface area contributed by atoms with Crippen LogP contribution in [0.25, 0.3) is 0 Å². The van der Waals surface area contributed by atoms with E-state index in [1.807, 2.05) is 30.3 Å². The third-order valence-electron chi connectivity index (χ3n) is 7.02. The summed E-state index contributed by atoms with van der Waals surface area (Å²) in [6, 6.07) is 6.74. The third kappa shape index (κ3) is 10.5. The molecule has 2 aliphatic heterocycles. The Kier molecular flexibility index (Phi) is 13.5. The predicted molar refractivity (Wildman–Crippen MR) is 141 cm³/mol. The van der Waals surface area contributed by atoms with E-state index in [9.17, 15) is 37.3 Å². The number of carbonyl (C=O) groups excluding carboxylic acids is 4. The van der Waals surface area contributed by atoms with Crippen molar-refractivity contribution in [3.05, 3.63) is 35.9 Å². The van der Waals surface area contributed by atoms with Gasteiger partial charge in [-0.15, -0.1) is 0 Å². The maximum absolute atomic E-state index is 13.1. The normalized spacial score (nSPS) is 21.0. The van der Waals surface area contributed by atoms with Crippen molar-refractivity contribution in [1.82, 2.24) is 20.9 Å². The van der Waals surface area contributed by atoms with E-state index in [4.69, 9.17) is 4.74 Å². The van der Waals surface area contributed by atoms with Crippen LogP contribution in [0, 0.1) is 17.8 Å². The van der Waals surface area contributed by atoms with Crippen LogP contribution in [0.5, 0.6) is 0 Å². The molecule has 5 atom stereocenters. The van der Waals surface area contributed by atoms with Crippen LogP contribution in [-0.2, 0) is 35.8 Å². The molecule has 41 heavy (non-hydrogen) atoms. The smallest absolute Gasteiger partial charge is 0.746 e. The molecule has 1 aromatic carbocycles.